The molecule has 1 aliphatic carbocycles. The molecular weight excluding hydrogens is 184 g/mol. The van der Waals surface area contributed by atoms with Crippen LogP contribution < -0.4 is 0 Å². The smallest absolute Gasteiger partial charge is 0.0628 e. The zero-order valence-corrected chi connectivity index (χ0v) is 10.4. The molecule has 0 aromatic rings. The van der Waals surface area contributed by atoms with E-state index in [1.54, 1.807) is 0 Å². The first-order valence-corrected chi connectivity index (χ1v) is 6.25. The fourth-order valence-electron chi connectivity index (χ4n) is 2.08. The summed E-state index contributed by atoms with van der Waals surface area (Å²) >= 11 is 0. The number of rotatable bonds is 7. The highest BCUT2D eigenvalue weighted by atomic mass is 15.1. The standard InChI is InChI=1S/C13H24N2/c1-4-12(3)10-15(5-2)11-13(6-7-13)8-9-14/h12H,4-8,10-11H2,1-3H3. The molecule has 0 heterocycles. The minimum absolute atomic E-state index is 0.373. The summed E-state index contributed by atoms with van der Waals surface area (Å²) in [6, 6.07) is 2.34. The van der Waals surface area contributed by atoms with Crippen molar-refractivity contribution in [3.63, 3.8) is 0 Å². The average molecular weight is 208 g/mol. The Morgan fingerprint density at radius 3 is 2.47 bits per heavy atom. The van der Waals surface area contributed by atoms with Gasteiger partial charge in [-0.15, -0.1) is 0 Å². The molecule has 0 saturated heterocycles. The van der Waals surface area contributed by atoms with E-state index in [1.807, 2.05) is 0 Å². The monoisotopic (exact) mass is 208 g/mol. The van der Waals surface area contributed by atoms with Gasteiger partial charge in [-0.1, -0.05) is 27.2 Å². The third-order valence-electron chi connectivity index (χ3n) is 3.68. The Morgan fingerprint density at radius 1 is 1.40 bits per heavy atom. The third kappa shape index (κ3) is 3.83. The van der Waals surface area contributed by atoms with Crippen molar-refractivity contribution in [1.29, 1.82) is 5.26 Å². The highest BCUT2D eigenvalue weighted by Crippen LogP contribution is 2.49. The van der Waals surface area contributed by atoms with Gasteiger partial charge in [-0.2, -0.15) is 5.26 Å². The van der Waals surface area contributed by atoms with E-state index in [0.29, 0.717) is 5.41 Å². The van der Waals surface area contributed by atoms with E-state index in [0.717, 1.165) is 25.4 Å². The van der Waals surface area contributed by atoms with E-state index in [2.05, 4.69) is 31.7 Å². The fraction of sp³-hybridized carbons (Fsp3) is 0.923. The molecule has 0 aliphatic heterocycles. The molecule has 0 aromatic carbocycles. The van der Waals surface area contributed by atoms with Crippen LogP contribution in [0.15, 0.2) is 0 Å². The maximum absolute atomic E-state index is 8.79. The second-order valence-electron chi connectivity index (χ2n) is 5.18. The van der Waals surface area contributed by atoms with Crippen LogP contribution in [-0.2, 0) is 0 Å². The van der Waals surface area contributed by atoms with E-state index >= 15 is 0 Å². The average Bonchev–Trinajstić information content (AvgIpc) is 2.97. The highest BCUT2D eigenvalue weighted by molar-refractivity contribution is 5.01. The van der Waals surface area contributed by atoms with Crippen LogP contribution in [0.2, 0.25) is 0 Å². The molecule has 0 radical (unpaired) electrons. The Hall–Kier alpha value is -0.550. The third-order valence-corrected chi connectivity index (χ3v) is 3.68. The van der Waals surface area contributed by atoms with Crippen LogP contribution >= 0.6 is 0 Å². The van der Waals surface area contributed by atoms with Crippen LogP contribution in [0.4, 0.5) is 0 Å². The molecule has 0 bridgehead atoms. The lowest BCUT2D eigenvalue weighted by Gasteiger charge is -2.27. The van der Waals surface area contributed by atoms with Crippen LogP contribution in [-0.4, -0.2) is 24.5 Å². The first-order valence-electron chi connectivity index (χ1n) is 6.25. The Kier molecular flexibility index (Phi) is 4.60. The molecule has 0 N–H and O–H groups in total. The maximum atomic E-state index is 8.79. The van der Waals surface area contributed by atoms with Gasteiger partial charge in [-0.25, -0.2) is 0 Å². The molecule has 1 unspecified atom stereocenters. The van der Waals surface area contributed by atoms with Crippen molar-refractivity contribution in [2.24, 2.45) is 11.3 Å². The van der Waals surface area contributed by atoms with Crippen LogP contribution in [0.3, 0.4) is 0 Å². The zero-order chi connectivity index (χ0) is 11.3. The summed E-state index contributed by atoms with van der Waals surface area (Å²) in [4.78, 5) is 2.53. The first kappa shape index (κ1) is 12.5. The van der Waals surface area contributed by atoms with Gasteiger partial charge < -0.3 is 4.90 Å². The van der Waals surface area contributed by atoms with E-state index < -0.39 is 0 Å². The Balaban J connectivity index is 2.37. The lowest BCUT2D eigenvalue weighted by molar-refractivity contribution is 0.201. The summed E-state index contributed by atoms with van der Waals surface area (Å²) < 4.78 is 0. The Morgan fingerprint density at radius 2 is 2.07 bits per heavy atom. The minimum atomic E-state index is 0.373. The van der Waals surface area contributed by atoms with Crippen molar-refractivity contribution in [2.45, 2.75) is 46.5 Å². The largest absolute Gasteiger partial charge is 0.303 e. The van der Waals surface area contributed by atoms with Crippen molar-refractivity contribution in [2.75, 3.05) is 19.6 Å². The molecule has 0 spiro atoms. The Labute approximate surface area is 94.3 Å². The van der Waals surface area contributed by atoms with Crippen LogP contribution in [0.1, 0.15) is 46.5 Å². The van der Waals surface area contributed by atoms with Gasteiger partial charge in [-0.3, -0.25) is 0 Å². The molecule has 1 aliphatic rings. The normalized spacial score (nSPS) is 19.9. The van der Waals surface area contributed by atoms with E-state index in [1.165, 1.54) is 25.8 Å². The van der Waals surface area contributed by atoms with Crippen LogP contribution in [0, 0.1) is 22.7 Å². The van der Waals surface area contributed by atoms with Crippen molar-refractivity contribution in [3.05, 3.63) is 0 Å². The molecule has 1 fully saturated rings. The maximum Gasteiger partial charge on any atom is 0.0628 e. The second-order valence-corrected chi connectivity index (χ2v) is 5.18. The van der Waals surface area contributed by atoms with Gasteiger partial charge in [0.2, 0.25) is 0 Å². The van der Waals surface area contributed by atoms with Gasteiger partial charge in [-0.05, 0) is 30.7 Å². The summed E-state index contributed by atoms with van der Waals surface area (Å²) in [6.07, 6.45) is 4.53. The molecular formula is C13H24N2. The number of hydrogen-bond acceptors (Lipinski definition) is 2. The number of hydrogen-bond donors (Lipinski definition) is 0. The lowest BCUT2D eigenvalue weighted by Crippen LogP contribution is -2.33. The summed E-state index contributed by atoms with van der Waals surface area (Å²) in [6.45, 7) is 10.2. The molecule has 1 rings (SSSR count). The van der Waals surface area contributed by atoms with Gasteiger partial charge in [0, 0.05) is 19.5 Å². The molecule has 0 amide bonds. The Bertz CT molecular complexity index is 225. The van der Waals surface area contributed by atoms with Crippen molar-refractivity contribution in [3.8, 4) is 6.07 Å². The molecule has 15 heavy (non-hydrogen) atoms. The zero-order valence-electron chi connectivity index (χ0n) is 10.4. The molecule has 1 saturated carbocycles. The number of nitriles is 1. The van der Waals surface area contributed by atoms with E-state index in [4.69, 9.17) is 5.26 Å². The number of nitrogens with zero attached hydrogens (tertiary/aromatic N) is 2. The second kappa shape index (κ2) is 5.51. The van der Waals surface area contributed by atoms with Crippen molar-refractivity contribution >= 4 is 0 Å². The molecule has 2 nitrogen and oxygen atoms in total. The SMILES string of the molecule is CCC(C)CN(CC)CC1(CC#N)CC1. The van der Waals surface area contributed by atoms with Gasteiger partial charge >= 0.3 is 0 Å². The minimum Gasteiger partial charge on any atom is -0.303 e. The quantitative estimate of drug-likeness (QED) is 0.643. The molecule has 0 aromatic heterocycles. The summed E-state index contributed by atoms with van der Waals surface area (Å²) in [5, 5.41) is 8.79. The fourth-order valence-corrected chi connectivity index (χ4v) is 2.08. The van der Waals surface area contributed by atoms with Crippen LogP contribution in [0.25, 0.3) is 0 Å². The van der Waals surface area contributed by atoms with Gasteiger partial charge in [0.15, 0.2) is 0 Å². The molecule has 2 heteroatoms. The predicted molar refractivity (Wildman–Crippen MR) is 63.5 cm³/mol. The summed E-state index contributed by atoms with van der Waals surface area (Å²) in [5.41, 5.74) is 0.373. The van der Waals surface area contributed by atoms with Gasteiger partial charge in [0.25, 0.3) is 0 Å². The van der Waals surface area contributed by atoms with Crippen molar-refractivity contribution < 1.29 is 0 Å². The first-order chi connectivity index (χ1) is 7.15. The van der Waals surface area contributed by atoms with Crippen LogP contribution in [0.5, 0.6) is 0 Å². The van der Waals surface area contributed by atoms with Crippen molar-refractivity contribution in [1.82, 2.24) is 4.90 Å². The van der Waals surface area contributed by atoms with E-state index in [9.17, 15) is 0 Å². The predicted octanol–water partition coefficient (Wildman–Crippen LogP) is 3.05. The molecule has 1 atom stereocenters. The van der Waals surface area contributed by atoms with Gasteiger partial charge in [0.05, 0.1) is 6.07 Å². The van der Waals surface area contributed by atoms with Gasteiger partial charge in [0.1, 0.15) is 0 Å². The lowest BCUT2D eigenvalue weighted by atomic mass is 10.0. The van der Waals surface area contributed by atoms with E-state index in [-0.39, 0.29) is 0 Å². The highest BCUT2D eigenvalue weighted by Gasteiger charge is 2.43. The topological polar surface area (TPSA) is 27.0 Å². The summed E-state index contributed by atoms with van der Waals surface area (Å²) in [7, 11) is 0. The summed E-state index contributed by atoms with van der Waals surface area (Å²) in [5.74, 6) is 0.780. The molecule has 86 valence electrons.